The molecule has 4 nitrogen and oxygen atoms in total. The Morgan fingerprint density at radius 3 is 1.91 bits per heavy atom. The van der Waals surface area contributed by atoms with Gasteiger partial charge in [-0.15, -0.1) is 0 Å². The largest absolute Gasteiger partial charge is 0.244 e. The average Bonchev–Trinajstić information content (AvgIpc) is 2.62. The van der Waals surface area contributed by atoms with Crippen molar-refractivity contribution in [3.8, 4) is 22.8 Å². The highest BCUT2D eigenvalue weighted by molar-refractivity contribution is 5.62. The fourth-order valence-corrected chi connectivity index (χ4v) is 2.23. The van der Waals surface area contributed by atoms with E-state index in [2.05, 4.69) is 27.1 Å². The molecule has 0 aliphatic carbocycles. The molecule has 4 heteroatoms. The second-order valence-electron chi connectivity index (χ2n) is 4.97. The van der Waals surface area contributed by atoms with Crippen molar-refractivity contribution in [2.45, 2.75) is 26.7 Å². The lowest BCUT2D eigenvalue weighted by Gasteiger charge is -2.06. The topological polar surface area (TPSA) is 51.6 Å². The highest BCUT2D eigenvalue weighted by atomic mass is 15.0. The van der Waals surface area contributed by atoms with E-state index in [1.807, 2.05) is 50.2 Å². The second kappa shape index (κ2) is 6.43. The number of aromatic nitrogens is 4. The third-order valence-electron chi connectivity index (χ3n) is 3.41. The van der Waals surface area contributed by atoms with Gasteiger partial charge in [0.05, 0.1) is 5.69 Å². The minimum Gasteiger partial charge on any atom is -0.244 e. The average molecular weight is 290 g/mol. The fourth-order valence-electron chi connectivity index (χ4n) is 2.23. The SMILES string of the molecule is CCc1nc(CC)nc(-c2cccc(-c3ccccc3)n2)n1. The minimum absolute atomic E-state index is 0.654. The molecule has 110 valence electrons. The van der Waals surface area contributed by atoms with Crippen LogP contribution in [0.2, 0.25) is 0 Å². The van der Waals surface area contributed by atoms with E-state index in [1.165, 1.54) is 0 Å². The Bertz CT molecular complexity index is 747. The molecule has 22 heavy (non-hydrogen) atoms. The monoisotopic (exact) mass is 290 g/mol. The lowest BCUT2D eigenvalue weighted by Crippen LogP contribution is -2.04. The molecule has 2 heterocycles. The van der Waals surface area contributed by atoms with Gasteiger partial charge in [-0.05, 0) is 12.1 Å². The van der Waals surface area contributed by atoms with Gasteiger partial charge in [0, 0.05) is 18.4 Å². The molecule has 0 saturated carbocycles. The van der Waals surface area contributed by atoms with Crippen molar-refractivity contribution < 1.29 is 0 Å². The number of aryl methyl sites for hydroxylation is 2. The zero-order valence-corrected chi connectivity index (χ0v) is 12.8. The normalized spacial score (nSPS) is 10.6. The van der Waals surface area contributed by atoms with Gasteiger partial charge in [0.2, 0.25) is 0 Å². The van der Waals surface area contributed by atoms with Crippen molar-refractivity contribution in [3.63, 3.8) is 0 Å². The maximum Gasteiger partial charge on any atom is 0.181 e. The molecule has 0 atom stereocenters. The number of pyridine rings is 1. The van der Waals surface area contributed by atoms with Crippen LogP contribution in [0, 0.1) is 0 Å². The van der Waals surface area contributed by atoms with E-state index in [4.69, 9.17) is 4.98 Å². The Morgan fingerprint density at radius 2 is 1.27 bits per heavy atom. The first kappa shape index (κ1) is 14.3. The highest BCUT2D eigenvalue weighted by Crippen LogP contribution is 2.20. The molecule has 0 fully saturated rings. The summed E-state index contributed by atoms with van der Waals surface area (Å²) in [5, 5.41) is 0. The Balaban J connectivity index is 2.06. The summed E-state index contributed by atoms with van der Waals surface area (Å²) in [6.45, 7) is 4.10. The van der Waals surface area contributed by atoms with Gasteiger partial charge < -0.3 is 0 Å². The Morgan fingerprint density at radius 1 is 0.636 bits per heavy atom. The Labute approximate surface area is 130 Å². The summed E-state index contributed by atoms with van der Waals surface area (Å²) >= 11 is 0. The number of hydrogen-bond acceptors (Lipinski definition) is 4. The van der Waals surface area contributed by atoms with Gasteiger partial charge in [-0.3, -0.25) is 0 Å². The zero-order valence-electron chi connectivity index (χ0n) is 12.8. The van der Waals surface area contributed by atoms with Gasteiger partial charge in [-0.1, -0.05) is 50.2 Å². The summed E-state index contributed by atoms with van der Waals surface area (Å²) in [7, 11) is 0. The third kappa shape index (κ3) is 3.01. The van der Waals surface area contributed by atoms with Crippen molar-refractivity contribution >= 4 is 0 Å². The third-order valence-corrected chi connectivity index (χ3v) is 3.41. The van der Waals surface area contributed by atoms with E-state index >= 15 is 0 Å². The van der Waals surface area contributed by atoms with Gasteiger partial charge in [-0.2, -0.15) is 0 Å². The molecule has 0 bridgehead atoms. The first-order valence-corrected chi connectivity index (χ1v) is 7.56. The van der Waals surface area contributed by atoms with Crippen molar-refractivity contribution in [2.24, 2.45) is 0 Å². The van der Waals surface area contributed by atoms with Crippen LogP contribution in [-0.2, 0) is 12.8 Å². The number of hydrogen-bond donors (Lipinski definition) is 0. The van der Waals surface area contributed by atoms with Crippen LogP contribution in [0.3, 0.4) is 0 Å². The molecule has 3 rings (SSSR count). The molecular weight excluding hydrogens is 272 g/mol. The van der Waals surface area contributed by atoms with E-state index in [-0.39, 0.29) is 0 Å². The summed E-state index contributed by atoms with van der Waals surface area (Å²) in [6.07, 6.45) is 1.59. The van der Waals surface area contributed by atoms with Crippen LogP contribution in [-0.4, -0.2) is 19.9 Å². The van der Waals surface area contributed by atoms with E-state index in [1.54, 1.807) is 0 Å². The summed E-state index contributed by atoms with van der Waals surface area (Å²) in [6, 6.07) is 16.1. The second-order valence-corrected chi connectivity index (χ2v) is 4.97. The molecule has 0 unspecified atom stereocenters. The van der Waals surface area contributed by atoms with Gasteiger partial charge in [0.25, 0.3) is 0 Å². The van der Waals surface area contributed by atoms with Crippen LogP contribution in [0.25, 0.3) is 22.8 Å². The number of rotatable bonds is 4. The van der Waals surface area contributed by atoms with E-state index in [0.29, 0.717) is 5.82 Å². The Hall–Kier alpha value is -2.62. The predicted molar refractivity (Wildman–Crippen MR) is 87.3 cm³/mol. The van der Waals surface area contributed by atoms with Crippen LogP contribution in [0.15, 0.2) is 48.5 Å². The van der Waals surface area contributed by atoms with Crippen LogP contribution in [0.5, 0.6) is 0 Å². The Kier molecular flexibility index (Phi) is 4.19. The molecular formula is C18H18N4. The van der Waals surface area contributed by atoms with Gasteiger partial charge in [0.1, 0.15) is 17.3 Å². The lowest BCUT2D eigenvalue weighted by atomic mass is 10.1. The van der Waals surface area contributed by atoms with Crippen LogP contribution in [0.1, 0.15) is 25.5 Å². The van der Waals surface area contributed by atoms with Crippen molar-refractivity contribution in [3.05, 3.63) is 60.2 Å². The number of benzene rings is 1. The summed E-state index contributed by atoms with van der Waals surface area (Å²) < 4.78 is 0. The highest BCUT2D eigenvalue weighted by Gasteiger charge is 2.09. The molecule has 1 aromatic carbocycles. The molecule has 0 radical (unpaired) electrons. The van der Waals surface area contributed by atoms with Gasteiger partial charge in [-0.25, -0.2) is 19.9 Å². The van der Waals surface area contributed by atoms with E-state index in [0.717, 1.165) is 41.4 Å². The van der Waals surface area contributed by atoms with Crippen LogP contribution < -0.4 is 0 Å². The first-order chi connectivity index (χ1) is 10.8. The maximum absolute atomic E-state index is 4.71. The first-order valence-electron chi connectivity index (χ1n) is 7.56. The van der Waals surface area contributed by atoms with E-state index < -0.39 is 0 Å². The molecule has 3 aromatic rings. The van der Waals surface area contributed by atoms with Gasteiger partial charge in [0.15, 0.2) is 5.82 Å². The summed E-state index contributed by atoms with van der Waals surface area (Å²) in [5.74, 6) is 2.28. The molecule has 0 amide bonds. The van der Waals surface area contributed by atoms with Crippen molar-refractivity contribution in [1.82, 2.24) is 19.9 Å². The molecule has 0 spiro atoms. The molecule has 0 N–H and O–H groups in total. The molecule has 0 aliphatic rings. The summed E-state index contributed by atoms with van der Waals surface area (Å²) in [5.41, 5.74) is 2.80. The van der Waals surface area contributed by atoms with E-state index in [9.17, 15) is 0 Å². The fraction of sp³-hybridized carbons (Fsp3) is 0.222. The smallest absolute Gasteiger partial charge is 0.181 e. The molecule has 0 aliphatic heterocycles. The minimum atomic E-state index is 0.654. The standard InChI is InChI=1S/C18H18N4/c1-3-16-20-17(4-2)22-18(21-16)15-12-8-11-14(19-15)13-9-6-5-7-10-13/h5-12H,3-4H2,1-2H3. The quantitative estimate of drug-likeness (QED) is 0.734. The van der Waals surface area contributed by atoms with Gasteiger partial charge >= 0.3 is 0 Å². The van der Waals surface area contributed by atoms with Crippen LogP contribution in [0.4, 0.5) is 0 Å². The lowest BCUT2D eigenvalue weighted by molar-refractivity contribution is 0.829. The summed E-state index contributed by atoms with van der Waals surface area (Å²) in [4.78, 5) is 18.2. The van der Waals surface area contributed by atoms with Crippen molar-refractivity contribution in [2.75, 3.05) is 0 Å². The predicted octanol–water partition coefficient (Wildman–Crippen LogP) is 3.73. The molecule has 0 saturated heterocycles. The zero-order chi connectivity index (χ0) is 15.4. The maximum atomic E-state index is 4.71. The van der Waals surface area contributed by atoms with Crippen LogP contribution >= 0.6 is 0 Å². The number of nitrogens with zero attached hydrogens (tertiary/aromatic N) is 4. The molecule has 2 aromatic heterocycles. The van der Waals surface area contributed by atoms with Crippen molar-refractivity contribution in [1.29, 1.82) is 0 Å².